The van der Waals surface area contributed by atoms with Crippen LogP contribution in [0.1, 0.15) is 77.6 Å². The highest BCUT2D eigenvalue weighted by Crippen LogP contribution is 2.29. The monoisotopic (exact) mass is 328 g/mol. The molecular formula is C22H32O2. The Hall–Kier alpha value is -1.57. The summed E-state index contributed by atoms with van der Waals surface area (Å²) in [6, 6.07) is 9.34. The normalized spacial score (nSPS) is 17.4. The number of ether oxygens (including phenoxy) is 1. The van der Waals surface area contributed by atoms with Crippen molar-refractivity contribution in [3.63, 3.8) is 0 Å². The number of para-hydroxylation sites is 1. The summed E-state index contributed by atoms with van der Waals surface area (Å²) in [6.45, 7) is 2.27. The van der Waals surface area contributed by atoms with E-state index in [-0.39, 0.29) is 5.97 Å². The second-order valence-corrected chi connectivity index (χ2v) is 7.02. The minimum absolute atomic E-state index is 0.137. The highest BCUT2D eigenvalue weighted by atomic mass is 16.5. The fraction of sp³-hybridized carbons (Fsp3) is 0.591. The summed E-state index contributed by atoms with van der Waals surface area (Å²) >= 11 is 0. The van der Waals surface area contributed by atoms with Gasteiger partial charge in [0.25, 0.3) is 0 Å². The molecule has 0 aromatic heterocycles. The van der Waals surface area contributed by atoms with E-state index in [0.29, 0.717) is 12.2 Å². The maximum atomic E-state index is 12.0. The fourth-order valence-electron chi connectivity index (χ4n) is 3.42. The van der Waals surface area contributed by atoms with Crippen molar-refractivity contribution in [1.29, 1.82) is 0 Å². The molecule has 2 heteroatoms. The van der Waals surface area contributed by atoms with Gasteiger partial charge in [0.1, 0.15) is 5.75 Å². The summed E-state index contributed by atoms with van der Waals surface area (Å²) in [7, 11) is 0. The molecule has 1 aromatic rings. The Balaban J connectivity index is 1.61. The molecule has 0 aliphatic heterocycles. The van der Waals surface area contributed by atoms with Gasteiger partial charge in [-0.05, 0) is 37.3 Å². The molecule has 0 radical (unpaired) electrons. The number of hydrogen-bond donors (Lipinski definition) is 0. The van der Waals surface area contributed by atoms with E-state index in [9.17, 15) is 4.79 Å². The van der Waals surface area contributed by atoms with Gasteiger partial charge in [-0.1, -0.05) is 81.7 Å². The van der Waals surface area contributed by atoms with E-state index < -0.39 is 0 Å². The molecule has 2 rings (SSSR count). The van der Waals surface area contributed by atoms with E-state index in [1.165, 1.54) is 56.9 Å². The number of carbonyl (C=O) groups excluding carboxylic acids is 1. The maximum Gasteiger partial charge on any atom is 0.315 e. The van der Waals surface area contributed by atoms with E-state index in [1.807, 2.05) is 30.3 Å². The second-order valence-electron chi connectivity index (χ2n) is 7.02. The van der Waals surface area contributed by atoms with Crippen LogP contribution >= 0.6 is 0 Å². The van der Waals surface area contributed by atoms with Gasteiger partial charge in [-0.3, -0.25) is 4.79 Å². The summed E-state index contributed by atoms with van der Waals surface area (Å²) in [6.07, 6.45) is 15.8. The van der Waals surface area contributed by atoms with Crippen molar-refractivity contribution in [1.82, 2.24) is 0 Å². The Morgan fingerprint density at radius 3 is 2.54 bits per heavy atom. The highest BCUT2D eigenvalue weighted by Gasteiger charge is 2.16. The lowest BCUT2D eigenvalue weighted by Crippen LogP contribution is -2.12. The Morgan fingerprint density at radius 2 is 1.83 bits per heavy atom. The number of hydrogen-bond acceptors (Lipinski definition) is 2. The van der Waals surface area contributed by atoms with E-state index in [2.05, 4.69) is 13.0 Å². The molecule has 0 spiro atoms. The van der Waals surface area contributed by atoms with Crippen molar-refractivity contribution in [2.75, 3.05) is 0 Å². The third kappa shape index (κ3) is 7.33. The Bertz CT molecular complexity index is 504. The fourth-order valence-corrected chi connectivity index (χ4v) is 3.42. The van der Waals surface area contributed by atoms with E-state index in [0.717, 1.165) is 18.8 Å². The van der Waals surface area contributed by atoms with Crippen LogP contribution in [0.2, 0.25) is 0 Å². The van der Waals surface area contributed by atoms with Crippen LogP contribution in [0.3, 0.4) is 0 Å². The van der Waals surface area contributed by atoms with Crippen molar-refractivity contribution in [2.45, 2.75) is 77.6 Å². The largest absolute Gasteiger partial charge is 0.426 e. The lowest BCUT2D eigenvalue weighted by molar-refractivity contribution is -0.133. The maximum absolute atomic E-state index is 12.0. The van der Waals surface area contributed by atoms with Crippen molar-refractivity contribution >= 4 is 5.97 Å². The average Bonchev–Trinajstić information content (AvgIpc) is 2.60. The molecular weight excluding hydrogens is 296 g/mol. The number of carbonyl (C=O) groups is 1. The molecule has 2 nitrogen and oxygen atoms in total. The number of allylic oxidation sites excluding steroid dienone is 1. The molecule has 0 N–H and O–H groups in total. The van der Waals surface area contributed by atoms with Crippen molar-refractivity contribution in [3.05, 3.63) is 42.0 Å². The van der Waals surface area contributed by atoms with Gasteiger partial charge in [-0.15, -0.1) is 0 Å². The van der Waals surface area contributed by atoms with Crippen LogP contribution in [-0.2, 0) is 4.79 Å². The number of esters is 1. The van der Waals surface area contributed by atoms with Gasteiger partial charge in [0.15, 0.2) is 0 Å². The zero-order valence-corrected chi connectivity index (χ0v) is 15.1. The average molecular weight is 328 g/mol. The first-order chi connectivity index (χ1) is 11.8. The summed E-state index contributed by atoms with van der Waals surface area (Å²) in [5.74, 6) is 1.33. The molecule has 0 heterocycles. The standard InChI is InChI=1S/C22H32O2/c1-2-3-4-5-6-8-11-19-14-16-20(17-15-19)18-22(23)24-21-12-9-7-10-13-21/h7,9-10,12-13,16,19H,2-6,8,11,14-15,17-18H2,1H3. The first-order valence-electron chi connectivity index (χ1n) is 9.71. The molecule has 0 saturated heterocycles. The van der Waals surface area contributed by atoms with Crippen molar-refractivity contribution < 1.29 is 9.53 Å². The lowest BCUT2D eigenvalue weighted by Gasteiger charge is -2.21. The van der Waals surface area contributed by atoms with Crippen LogP contribution in [0.25, 0.3) is 0 Å². The summed E-state index contributed by atoms with van der Waals surface area (Å²) in [5, 5.41) is 0. The van der Waals surface area contributed by atoms with Gasteiger partial charge in [0.05, 0.1) is 6.42 Å². The van der Waals surface area contributed by atoms with E-state index in [4.69, 9.17) is 4.74 Å². The predicted molar refractivity (Wildman–Crippen MR) is 100 cm³/mol. The Kier molecular flexibility index (Phi) is 8.65. The highest BCUT2D eigenvalue weighted by molar-refractivity contribution is 5.75. The smallest absolute Gasteiger partial charge is 0.315 e. The van der Waals surface area contributed by atoms with E-state index in [1.54, 1.807) is 0 Å². The van der Waals surface area contributed by atoms with Crippen LogP contribution < -0.4 is 4.74 Å². The quantitative estimate of drug-likeness (QED) is 0.213. The van der Waals surface area contributed by atoms with Gasteiger partial charge in [-0.2, -0.15) is 0 Å². The van der Waals surface area contributed by atoms with E-state index >= 15 is 0 Å². The first-order valence-corrected chi connectivity index (χ1v) is 9.71. The lowest BCUT2D eigenvalue weighted by atomic mass is 9.85. The third-order valence-corrected chi connectivity index (χ3v) is 4.93. The zero-order valence-electron chi connectivity index (χ0n) is 15.1. The Labute approximate surface area is 147 Å². The molecule has 0 fully saturated rings. The topological polar surface area (TPSA) is 26.3 Å². The molecule has 132 valence electrons. The second kappa shape index (κ2) is 11.1. The minimum Gasteiger partial charge on any atom is -0.426 e. The van der Waals surface area contributed by atoms with Gasteiger partial charge < -0.3 is 4.74 Å². The van der Waals surface area contributed by atoms with Crippen molar-refractivity contribution in [2.24, 2.45) is 5.92 Å². The number of rotatable bonds is 10. The minimum atomic E-state index is -0.137. The summed E-state index contributed by atoms with van der Waals surface area (Å²) in [4.78, 5) is 12.0. The zero-order chi connectivity index (χ0) is 17.0. The molecule has 0 saturated carbocycles. The number of unbranched alkanes of at least 4 members (excludes halogenated alkanes) is 5. The van der Waals surface area contributed by atoms with Crippen LogP contribution in [0.15, 0.2) is 42.0 Å². The third-order valence-electron chi connectivity index (χ3n) is 4.93. The van der Waals surface area contributed by atoms with Crippen LogP contribution in [-0.4, -0.2) is 5.97 Å². The summed E-state index contributed by atoms with van der Waals surface area (Å²) in [5.41, 5.74) is 1.26. The molecule has 1 aliphatic carbocycles. The van der Waals surface area contributed by atoms with Gasteiger partial charge >= 0.3 is 5.97 Å². The predicted octanol–water partition coefficient (Wildman–Crippen LogP) is 6.46. The van der Waals surface area contributed by atoms with Crippen LogP contribution in [0, 0.1) is 5.92 Å². The number of benzene rings is 1. The Morgan fingerprint density at radius 1 is 1.08 bits per heavy atom. The molecule has 1 unspecified atom stereocenters. The molecule has 24 heavy (non-hydrogen) atoms. The van der Waals surface area contributed by atoms with Crippen LogP contribution in [0.4, 0.5) is 0 Å². The van der Waals surface area contributed by atoms with Gasteiger partial charge in [-0.25, -0.2) is 0 Å². The molecule has 0 bridgehead atoms. The molecule has 1 atom stereocenters. The molecule has 1 aliphatic rings. The van der Waals surface area contributed by atoms with Gasteiger partial charge in [0, 0.05) is 0 Å². The molecule has 0 amide bonds. The van der Waals surface area contributed by atoms with Crippen LogP contribution in [0.5, 0.6) is 5.75 Å². The SMILES string of the molecule is CCCCCCCCC1CC=C(CC(=O)Oc2ccccc2)CC1. The summed E-state index contributed by atoms with van der Waals surface area (Å²) < 4.78 is 5.38. The van der Waals surface area contributed by atoms with Gasteiger partial charge in [0.2, 0.25) is 0 Å². The molecule has 1 aromatic carbocycles. The first kappa shape index (κ1) is 18.8. The van der Waals surface area contributed by atoms with Crippen molar-refractivity contribution in [3.8, 4) is 5.75 Å².